The van der Waals surface area contributed by atoms with Crippen molar-refractivity contribution in [3.63, 3.8) is 0 Å². The third-order valence-corrected chi connectivity index (χ3v) is 2.89. The molecule has 1 aliphatic heterocycles. The van der Waals surface area contributed by atoms with E-state index < -0.39 is 5.92 Å². The van der Waals surface area contributed by atoms with Crippen molar-refractivity contribution in [2.75, 3.05) is 13.3 Å². The first-order chi connectivity index (χ1) is 7.93. The Morgan fingerprint density at radius 2 is 2.12 bits per heavy atom. The van der Waals surface area contributed by atoms with Crippen LogP contribution in [0.2, 0.25) is 0 Å². The second kappa shape index (κ2) is 4.14. The summed E-state index contributed by atoms with van der Waals surface area (Å²) in [7, 11) is 0. The van der Waals surface area contributed by atoms with Gasteiger partial charge in [0.1, 0.15) is 0 Å². The maximum Gasteiger partial charge on any atom is 0.270 e. The Bertz CT molecular complexity index is 429. The van der Waals surface area contributed by atoms with E-state index in [1.807, 2.05) is 6.92 Å². The lowest BCUT2D eigenvalue weighted by Crippen LogP contribution is -2.12. The highest BCUT2D eigenvalue weighted by atomic mass is 19.3. The van der Waals surface area contributed by atoms with E-state index in [4.69, 9.17) is 15.2 Å². The highest BCUT2D eigenvalue weighted by Crippen LogP contribution is 2.43. The maximum absolute atomic E-state index is 13.3. The van der Waals surface area contributed by atoms with Crippen molar-refractivity contribution in [3.8, 4) is 11.5 Å². The lowest BCUT2D eigenvalue weighted by atomic mass is 9.95. The predicted octanol–water partition coefficient (Wildman–Crippen LogP) is 2.59. The van der Waals surface area contributed by atoms with Crippen molar-refractivity contribution < 1.29 is 18.3 Å². The molecule has 0 aliphatic carbocycles. The standard InChI is InChI=1S/C12H15F2NO2/c1-7(5-15)9-3-8(12(2,13)14)4-10-11(9)17-6-16-10/h3-4,7H,5-6,15H2,1-2H3. The molecule has 1 aromatic carbocycles. The Kier molecular flexibility index (Phi) is 2.95. The van der Waals surface area contributed by atoms with Crippen molar-refractivity contribution in [1.82, 2.24) is 0 Å². The Balaban J connectivity index is 2.54. The van der Waals surface area contributed by atoms with Crippen molar-refractivity contribution in [2.24, 2.45) is 5.73 Å². The molecule has 1 atom stereocenters. The van der Waals surface area contributed by atoms with Crippen LogP contribution in [0.3, 0.4) is 0 Å². The number of alkyl halides is 2. The van der Waals surface area contributed by atoms with Gasteiger partial charge in [-0.15, -0.1) is 0 Å². The molecule has 5 heteroatoms. The predicted molar refractivity (Wildman–Crippen MR) is 59.6 cm³/mol. The summed E-state index contributed by atoms with van der Waals surface area (Å²) in [5.41, 5.74) is 6.18. The third kappa shape index (κ3) is 2.20. The normalized spacial score (nSPS) is 16.1. The summed E-state index contributed by atoms with van der Waals surface area (Å²) in [5, 5.41) is 0. The molecule has 0 spiro atoms. The fraction of sp³-hybridized carbons (Fsp3) is 0.500. The van der Waals surface area contributed by atoms with Crippen LogP contribution in [-0.4, -0.2) is 13.3 Å². The molecule has 1 unspecified atom stereocenters. The molecule has 1 aliphatic rings. The van der Waals surface area contributed by atoms with Crippen LogP contribution in [0.25, 0.3) is 0 Å². The van der Waals surface area contributed by atoms with Crippen LogP contribution in [0.4, 0.5) is 8.78 Å². The molecule has 1 aromatic rings. The van der Waals surface area contributed by atoms with E-state index in [2.05, 4.69) is 0 Å². The van der Waals surface area contributed by atoms with Crippen LogP contribution in [0.1, 0.15) is 30.9 Å². The largest absolute Gasteiger partial charge is 0.454 e. The first-order valence-corrected chi connectivity index (χ1v) is 5.45. The van der Waals surface area contributed by atoms with E-state index in [1.54, 1.807) is 0 Å². The van der Waals surface area contributed by atoms with Gasteiger partial charge in [0.25, 0.3) is 5.92 Å². The average molecular weight is 243 g/mol. The molecule has 0 saturated heterocycles. The number of nitrogens with two attached hydrogens (primary N) is 1. The van der Waals surface area contributed by atoms with E-state index in [-0.39, 0.29) is 18.3 Å². The number of rotatable bonds is 3. The van der Waals surface area contributed by atoms with Gasteiger partial charge < -0.3 is 15.2 Å². The number of ether oxygens (including phenoxy) is 2. The molecule has 0 amide bonds. The van der Waals surface area contributed by atoms with E-state index >= 15 is 0 Å². The zero-order chi connectivity index (χ0) is 12.6. The maximum atomic E-state index is 13.3. The highest BCUT2D eigenvalue weighted by Gasteiger charge is 2.30. The molecule has 94 valence electrons. The second-order valence-electron chi connectivity index (χ2n) is 4.32. The van der Waals surface area contributed by atoms with Gasteiger partial charge in [-0.3, -0.25) is 0 Å². The van der Waals surface area contributed by atoms with Gasteiger partial charge in [-0.1, -0.05) is 6.92 Å². The quantitative estimate of drug-likeness (QED) is 0.887. The lowest BCUT2D eigenvalue weighted by molar-refractivity contribution is 0.0172. The monoisotopic (exact) mass is 243 g/mol. The highest BCUT2D eigenvalue weighted by molar-refractivity contribution is 5.53. The molecule has 0 fully saturated rings. The van der Waals surface area contributed by atoms with E-state index in [0.29, 0.717) is 23.6 Å². The molecule has 0 bridgehead atoms. The summed E-state index contributed by atoms with van der Waals surface area (Å²) in [6, 6.07) is 2.78. The number of hydrogen-bond donors (Lipinski definition) is 1. The minimum absolute atomic E-state index is 0.0484. The van der Waals surface area contributed by atoms with Gasteiger partial charge in [-0.05, 0) is 24.6 Å². The fourth-order valence-electron chi connectivity index (χ4n) is 1.78. The molecule has 17 heavy (non-hydrogen) atoms. The van der Waals surface area contributed by atoms with Gasteiger partial charge in [0.2, 0.25) is 6.79 Å². The summed E-state index contributed by atoms with van der Waals surface area (Å²) in [5.74, 6) is -2.03. The van der Waals surface area contributed by atoms with E-state index in [9.17, 15) is 8.78 Å². The third-order valence-electron chi connectivity index (χ3n) is 2.89. The molecule has 3 nitrogen and oxygen atoms in total. The zero-order valence-electron chi connectivity index (χ0n) is 9.80. The van der Waals surface area contributed by atoms with Crippen LogP contribution < -0.4 is 15.2 Å². The van der Waals surface area contributed by atoms with Gasteiger partial charge >= 0.3 is 0 Å². The van der Waals surface area contributed by atoms with Gasteiger partial charge in [0.05, 0.1) is 0 Å². The molecular weight excluding hydrogens is 228 g/mol. The fourth-order valence-corrected chi connectivity index (χ4v) is 1.78. The molecule has 2 rings (SSSR count). The van der Waals surface area contributed by atoms with Gasteiger partial charge in [-0.2, -0.15) is 0 Å². The summed E-state index contributed by atoms with van der Waals surface area (Å²) < 4.78 is 37.2. The minimum Gasteiger partial charge on any atom is -0.454 e. The number of benzene rings is 1. The Labute approximate surface area is 98.5 Å². The van der Waals surface area contributed by atoms with Gasteiger partial charge in [0, 0.05) is 18.1 Å². The number of fused-ring (bicyclic) bond motifs is 1. The van der Waals surface area contributed by atoms with Crippen LogP contribution in [0.15, 0.2) is 12.1 Å². The number of hydrogen-bond acceptors (Lipinski definition) is 3. The first-order valence-electron chi connectivity index (χ1n) is 5.45. The summed E-state index contributed by atoms with van der Waals surface area (Å²) in [6.07, 6.45) is 0. The SMILES string of the molecule is CC(CN)c1cc(C(C)(F)F)cc2c1OCO2. The van der Waals surface area contributed by atoms with Crippen LogP contribution in [0, 0.1) is 0 Å². The average Bonchev–Trinajstić information content (AvgIpc) is 2.73. The van der Waals surface area contributed by atoms with Crippen LogP contribution in [0.5, 0.6) is 11.5 Å². The topological polar surface area (TPSA) is 44.5 Å². The van der Waals surface area contributed by atoms with Crippen molar-refractivity contribution in [2.45, 2.75) is 25.7 Å². The summed E-state index contributed by atoms with van der Waals surface area (Å²) in [6.45, 7) is 3.17. The van der Waals surface area contributed by atoms with Crippen molar-refractivity contribution >= 4 is 0 Å². The Hall–Kier alpha value is -1.36. The molecular formula is C12H15F2NO2. The molecule has 0 aromatic heterocycles. The van der Waals surface area contributed by atoms with Gasteiger partial charge in [-0.25, -0.2) is 8.78 Å². The molecule has 0 radical (unpaired) electrons. The Morgan fingerprint density at radius 1 is 1.41 bits per heavy atom. The smallest absolute Gasteiger partial charge is 0.270 e. The lowest BCUT2D eigenvalue weighted by Gasteiger charge is -2.17. The molecule has 2 N–H and O–H groups in total. The van der Waals surface area contributed by atoms with Crippen molar-refractivity contribution in [1.29, 1.82) is 0 Å². The van der Waals surface area contributed by atoms with E-state index in [1.165, 1.54) is 12.1 Å². The summed E-state index contributed by atoms with van der Waals surface area (Å²) >= 11 is 0. The second-order valence-corrected chi connectivity index (χ2v) is 4.32. The van der Waals surface area contributed by atoms with Crippen LogP contribution >= 0.6 is 0 Å². The zero-order valence-corrected chi connectivity index (χ0v) is 9.80. The summed E-state index contributed by atoms with van der Waals surface area (Å²) in [4.78, 5) is 0. The first kappa shape index (κ1) is 12.1. The Morgan fingerprint density at radius 3 is 2.71 bits per heavy atom. The van der Waals surface area contributed by atoms with Gasteiger partial charge in [0.15, 0.2) is 11.5 Å². The number of halogens is 2. The van der Waals surface area contributed by atoms with Crippen molar-refractivity contribution in [3.05, 3.63) is 23.3 Å². The molecule has 0 saturated carbocycles. The molecule has 1 heterocycles. The van der Waals surface area contributed by atoms with E-state index in [0.717, 1.165) is 6.92 Å². The minimum atomic E-state index is -2.90. The van der Waals surface area contributed by atoms with Crippen LogP contribution in [-0.2, 0) is 5.92 Å².